The fourth-order valence-electron chi connectivity index (χ4n) is 6.09. The molecule has 0 spiro atoms. The third kappa shape index (κ3) is 5.33. The molecule has 0 radical (unpaired) electrons. The van der Waals surface area contributed by atoms with E-state index in [1.807, 2.05) is 61.5 Å². The lowest BCUT2D eigenvalue weighted by atomic mass is 9.89. The molecule has 1 heterocycles. The Morgan fingerprint density at radius 1 is 0.775 bits per heavy atom. The fourth-order valence-corrected chi connectivity index (χ4v) is 12.5. The molecule has 1 aliphatic rings. The Kier molecular flexibility index (Phi) is 8.16. The predicted molar refractivity (Wildman–Crippen MR) is 166 cm³/mol. The zero-order valence-corrected chi connectivity index (χ0v) is 25.6. The van der Waals surface area contributed by atoms with E-state index in [-0.39, 0.29) is 17.1 Å². The zero-order chi connectivity index (χ0) is 28.4. The molecule has 208 valence electrons. The molecule has 2 atom stereocenters. The molecule has 1 aliphatic heterocycles. The van der Waals surface area contributed by atoms with Crippen molar-refractivity contribution in [2.24, 2.45) is 0 Å². The SMILES string of the molecule is Cc1ccc(S(=O)(=O)N2[C@@H](CCO[Si](c3ccccc3)(c3ccccc3)C(C)(C)C)C[C@H]2c2ccccc2)cc1. The zero-order valence-electron chi connectivity index (χ0n) is 23.8. The molecule has 4 nitrogen and oxygen atoms in total. The van der Waals surface area contributed by atoms with Crippen molar-refractivity contribution in [3.63, 3.8) is 0 Å². The summed E-state index contributed by atoms with van der Waals surface area (Å²) in [6.07, 6.45) is 1.41. The molecule has 4 aromatic carbocycles. The lowest BCUT2D eigenvalue weighted by Crippen LogP contribution is -2.67. The number of sulfonamides is 1. The van der Waals surface area contributed by atoms with E-state index in [9.17, 15) is 8.42 Å². The molecule has 1 fully saturated rings. The summed E-state index contributed by atoms with van der Waals surface area (Å²) >= 11 is 0. The Labute approximate surface area is 240 Å². The molecule has 1 saturated heterocycles. The minimum atomic E-state index is -3.67. The van der Waals surface area contributed by atoms with Crippen LogP contribution >= 0.6 is 0 Å². The van der Waals surface area contributed by atoms with Gasteiger partial charge in [-0.25, -0.2) is 8.42 Å². The van der Waals surface area contributed by atoms with Crippen molar-refractivity contribution in [3.05, 3.63) is 126 Å². The Morgan fingerprint density at radius 2 is 1.27 bits per heavy atom. The predicted octanol–water partition coefficient (Wildman–Crippen LogP) is 6.47. The Balaban J connectivity index is 1.45. The van der Waals surface area contributed by atoms with Gasteiger partial charge < -0.3 is 4.43 Å². The van der Waals surface area contributed by atoms with Gasteiger partial charge in [0.2, 0.25) is 10.0 Å². The molecule has 0 aliphatic carbocycles. The first kappa shape index (κ1) is 28.5. The first-order chi connectivity index (χ1) is 19.1. The van der Waals surface area contributed by atoms with Crippen LogP contribution in [0.15, 0.2) is 120 Å². The number of benzene rings is 4. The molecule has 0 N–H and O–H groups in total. The van der Waals surface area contributed by atoms with Crippen LogP contribution in [0.25, 0.3) is 0 Å². The second-order valence-electron chi connectivity index (χ2n) is 11.8. The van der Waals surface area contributed by atoms with Gasteiger partial charge in [0.1, 0.15) is 0 Å². The monoisotopic (exact) mass is 569 g/mol. The summed E-state index contributed by atoms with van der Waals surface area (Å²) in [5.74, 6) is 0. The van der Waals surface area contributed by atoms with Crippen molar-refractivity contribution in [1.29, 1.82) is 0 Å². The molecule has 5 rings (SSSR count). The molecule has 0 unspecified atom stereocenters. The number of hydrogen-bond donors (Lipinski definition) is 0. The largest absolute Gasteiger partial charge is 0.407 e. The van der Waals surface area contributed by atoms with Crippen LogP contribution in [-0.4, -0.2) is 33.7 Å². The minimum absolute atomic E-state index is 0.129. The summed E-state index contributed by atoms with van der Waals surface area (Å²) in [5.41, 5.74) is 2.07. The Hall–Kier alpha value is -3.03. The van der Waals surface area contributed by atoms with Gasteiger partial charge in [-0.15, -0.1) is 0 Å². The van der Waals surface area contributed by atoms with Gasteiger partial charge in [-0.05, 0) is 52.9 Å². The average Bonchev–Trinajstić information content (AvgIpc) is 2.93. The molecule has 40 heavy (non-hydrogen) atoms. The minimum Gasteiger partial charge on any atom is -0.407 e. The number of hydrogen-bond acceptors (Lipinski definition) is 3. The molecule has 0 saturated carbocycles. The van der Waals surface area contributed by atoms with Crippen LogP contribution in [0.3, 0.4) is 0 Å². The molecule has 6 heteroatoms. The van der Waals surface area contributed by atoms with Gasteiger partial charge in [-0.2, -0.15) is 4.31 Å². The van der Waals surface area contributed by atoms with Crippen LogP contribution in [-0.2, 0) is 14.4 Å². The second kappa shape index (κ2) is 11.5. The number of aryl methyl sites for hydroxylation is 1. The third-order valence-electron chi connectivity index (χ3n) is 8.13. The van der Waals surface area contributed by atoms with E-state index in [1.54, 1.807) is 16.4 Å². The van der Waals surface area contributed by atoms with E-state index in [0.717, 1.165) is 17.5 Å². The fraction of sp³-hybridized carbons (Fsp3) is 0.294. The highest BCUT2D eigenvalue weighted by Gasteiger charge is 2.51. The highest BCUT2D eigenvalue weighted by Crippen LogP contribution is 2.45. The maximum atomic E-state index is 14.0. The Morgan fingerprint density at radius 3 is 1.77 bits per heavy atom. The van der Waals surface area contributed by atoms with Gasteiger partial charge in [0.05, 0.1) is 10.9 Å². The highest BCUT2D eigenvalue weighted by atomic mass is 32.2. The highest BCUT2D eigenvalue weighted by molar-refractivity contribution is 7.89. The van der Waals surface area contributed by atoms with Crippen molar-refractivity contribution >= 4 is 28.7 Å². The van der Waals surface area contributed by atoms with Crippen LogP contribution in [0.1, 0.15) is 50.8 Å². The second-order valence-corrected chi connectivity index (χ2v) is 17.9. The lowest BCUT2D eigenvalue weighted by molar-refractivity contribution is 0.0879. The van der Waals surface area contributed by atoms with Gasteiger partial charge in [0, 0.05) is 12.6 Å². The van der Waals surface area contributed by atoms with Gasteiger partial charge in [0.25, 0.3) is 8.32 Å². The van der Waals surface area contributed by atoms with Crippen molar-refractivity contribution in [3.8, 4) is 0 Å². The van der Waals surface area contributed by atoms with Crippen LogP contribution in [0.4, 0.5) is 0 Å². The topological polar surface area (TPSA) is 46.6 Å². The first-order valence-corrected chi connectivity index (χ1v) is 17.4. The standard InChI is InChI=1S/C34H39NO3SSi/c1-27-20-22-30(23-21-27)39(36,37)35-29(26-33(35)28-14-8-5-9-15-28)24-25-38-40(34(2,3)4,31-16-10-6-11-17-31)32-18-12-7-13-19-32/h5-23,29,33H,24-26H2,1-4H3/t29-,33-/m0/s1. The molecule has 0 amide bonds. The maximum Gasteiger partial charge on any atom is 0.261 e. The van der Waals surface area contributed by atoms with Gasteiger partial charge >= 0.3 is 0 Å². The smallest absolute Gasteiger partial charge is 0.261 e. The van der Waals surface area contributed by atoms with E-state index in [1.165, 1.54) is 10.4 Å². The van der Waals surface area contributed by atoms with E-state index in [0.29, 0.717) is 17.9 Å². The van der Waals surface area contributed by atoms with Crippen molar-refractivity contribution in [2.45, 2.75) is 62.6 Å². The first-order valence-electron chi connectivity index (χ1n) is 14.0. The number of rotatable bonds is 9. The van der Waals surface area contributed by atoms with Crippen LogP contribution in [0.5, 0.6) is 0 Å². The lowest BCUT2D eigenvalue weighted by Gasteiger charge is -2.48. The average molecular weight is 570 g/mol. The third-order valence-corrected chi connectivity index (χ3v) is 15.1. The summed E-state index contributed by atoms with van der Waals surface area (Å²) in [6, 6.07) is 38.0. The Bertz CT molecular complexity index is 1460. The molecule has 4 aromatic rings. The van der Waals surface area contributed by atoms with Gasteiger partial charge in [-0.1, -0.05) is 129 Å². The van der Waals surface area contributed by atoms with E-state index < -0.39 is 18.3 Å². The van der Waals surface area contributed by atoms with Crippen molar-refractivity contribution in [1.82, 2.24) is 4.31 Å². The maximum absolute atomic E-state index is 14.0. The van der Waals surface area contributed by atoms with E-state index in [2.05, 4.69) is 69.3 Å². The van der Waals surface area contributed by atoms with Crippen LogP contribution in [0, 0.1) is 6.92 Å². The summed E-state index contributed by atoms with van der Waals surface area (Å²) < 4.78 is 36.8. The van der Waals surface area contributed by atoms with Crippen molar-refractivity contribution in [2.75, 3.05) is 6.61 Å². The normalized spacial score (nSPS) is 18.3. The quantitative estimate of drug-likeness (QED) is 0.217. The molecular formula is C34H39NO3SSi. The molecular weight excluding hydrogens is 531 g/mol. The summed E-state index contributed by atoms with van der Waals surface area (Å²) in [7, 11) is -6.37. The van der Waals surface area contributed by atoms with Gasteiger partial charge in [0.15, 0.2) is 0 Å². The van der Waals surface area contributed by atoms with Crippen LogP contribution < -0.4 is 10.4 Å². The molecule has 0 bridgehead atoms. The molecule has 0 aromatic heterocycles. The summed E-state index contributed by atoms with van der Waals surface area (Å²) in [6.45, 7) is 9.25. The van der Waals surface area contributed by atoms with E-state index in [4.69, 9.17) is 4.43 Å². The van der Waals surface area contributed by atoms with Gasteiger partial charge in [-0.3, -0.25) is 0 Å². The van der Waals surface area contributed by atoms with Crippen LogP contribution in [0.2, 0.25) is 5.04 Å². The summed E-state index contributed by atoms with van der Waals surface area (Å²) in [4.78, 5) is 0.344. The number of nitrogens with zero attached hydrogens (tertiary/aromatic N) is 1. The summed E-state index contributed by atoms with van der Waals surface area (Å²) in [5, 5.41) is 2.33. The van der Waals surface area contributed by atoms with E-state index >= 15 is 0 Å². The van der Waals surface area contributed by atoms with Crippen molar-refractivity contribution < 1.29 is 12.8 Å².